The van der Waals surface area contributed by atoms with Crippen LogP contribution in [0.5, 0.6) is 0 Å². The third-order valence-corrected chi connectivity index (χ3v) is 4.96. The zero-order valence-electron chi connectivity index (χ0n) is 13.7. The lowest BCUT2D eigenvalue weighted by Crippen LogP contribution is -2.45. The SMILES string of the molecule is O=C(NC1CC1)[C@@H](O)C1CCN(C[C@@H](O)c2ccc(F)cc2)CC1. The van der Waals surface area contributed by atoms with Crippen molar-refractivity contribution in [3.05, 3.63) is 35.6 Å². The number of nitrogens with zero attached hydrogens (tertiary/aromatic N) is 1. The molecule has 0 unspecified atom stereocenters. The van der Waals surface area contributed by atoms with Gasteiger partial charge in [-0.2, -0.15) is 0 Å². The average molecular weight is 336 g/mol. The minimum atomic E-state index is -0.935. The van der Waals surface area contributed by atoms with Gasteiger partial charge >= 0.3 is 0 Å². The third kappa shape index (κ3) is 4.53. The molecule has 0 bridgehead atoms. The van der Waals surface area contributed by atoms with Gasteiger partial charge in [0.1, 0.15) is 11.9 Å². The van der Waals surface area contributed by atoms with Crippen LogP contribution in [-0.4, -0.2) is 52.8 Å². The summed E-state index contributed by atoms with van der Waals surface area (Å²) in [6, 6.07) is 6.15. The van der Waals surface area contributed by atoms with Gasteiger partial charge < -0.3 is 20.4 Å². The Labute approximate surface area is 141 Å². The monoisotopic (exact) mass is 336 g/mol. The van der Waals surface area contributed by atoms with Crippen molar-refractivity contribution < 1.29 is 19.4 Å². The summed E-state index contributed by atoms with van der Waals surface area (Å²) in [5.74, 6) is -0.588. The van der Waals surface area contributed by atoms with Gasteiger partial charge in [0.25, 0.3) is 0 Å². The van der Waals surface area contributed by atoms with Crippen LogP contribution in [0.3, 0.4) is 0 Å². The van der Waals surface area contributed by atoms with Crippen molar-refractivity contribution in [3.63, 3.8) is 0 Å². The smallest absolute Gasteiger partial charge is 0.249 e. The zero-order chi connectivity index (χ0) is 17.1. The molecule has 1 saturated heterocycles. The maximum Gasteiger partial charge on any atom is 0.249 e. The van der Waals surface area contributed by atoms with Crippen LogP contribution in [0.15, 0.2) is 24.3 Å². The summed E-state index contributed by atoms with van der Waals surface area (Å²) in [5.41, 5.74) is 0.697. The first-order valence-corrected chi connectivity index (χ1v) is 8.67. The number of halogens is 1. The predicted molar refractivity (Wildman–Crippen MR) is 87.7 cm³/mol. The van der Waals surface area contributed by atoms with Gasteiger partial charge in [-0.05, 0) is 62.4 Å². The van der Waals surface area contributed by atoms with E-state index in [1.165, 1.54) is 12.1 Å². The Morgan fingerprint density at radius 2 is 1.79 bits per heavy atom. The van der Waals surface area contributed by atoms with Crippen LogP contribution in [0.1, 0.15) is 37.4 Å². The van der Waals surface area contributed by atoms with Crippen molar-refractivity contribution in [2.45, 2.75) is 43.9 Å². The second kappa shape index (κ2) is 7.59. The predicted octanol–water partition coefficient (Wildman–Crippen LogP) is 1.21. The molecule has 3 N–H and O–H groups in total. The van der Waals surface area contributed by atoms with Gasteiger partial charge in [-0.1, -0.05) is 12.1 Å². The number of aliphatic hydroxyl groups excluding tert-OH is 2. The van der Waals surface area contributed by atoms with Crippen LogP contribution in [0.2, 0.25) is 0 Å². The fraction of sp³-hybridized carbons (Fsp3) is 0.611. The fourth-order valence-corrected chi connectivity index (χ4v) is 3.21. The summed E-state index contributed by atoms with van der Waals surface area (Å²) < 4.78 is 12.9. The molecule has 1 aliphatic carbocycles. The van der Waals surface area contributed by atoms with E-state index in [0.29, 0.717) is 12.1 Å². The number of β-amino-alcohol motifs (C(OH)–C–C–N with tert-alkyl or cyclic N) is 1. The van der Waals surface area contributed by atoms with Crippen molar-refractivity contribution in [2.75, 3.05) is 19.6 Å². The summed E-state index contributed by atoms with van der Waals surface area (Å²) in [6.45, 7) is 1.94. The number of nitrogens with one attached hydrogen (secondary N) is 1. The highest BCUT2D eigenvalue weighted by Crippen LogP contribution is 2.25. The van der Waals surface area contributed by atoms with Crippen molar-refractivity contribution in [1.29, 1.82) is 0 Å². The summed E-state index contributed by atoms with van der Waals surface area (Å²) in [4.78, 5) is 14.0. The van der Waals surface area contributed by atoms with Crippen LogP contribution in [-0.2, 0) is 4.79 Å². The molecular formula is C18H25FN2O3. The number of piperidine rings is 1. The highest BCUT2D eigenvalue weighted by atomic mass is 19.1. The van der Waals surface area contributed by atoms with Crippen molar-refractivity contribution in [1.82, 2.24) is 10.2 Å². The number of carbonyl (C=O) groups is 1. The van der Waals surface area contributed by atoms with Gasteiger partial charge in [-0.15, -0.1) is 0 Å². The maximum absolute atomic E-state index is 12.9. The Balaban J connectivity index is 1.44. The first-order valence-electron chi connectivity index (χ1n) is 8.67. The van der Waals surface area contributed by atoms with Gasteiger partial charge in [0.05, 0.1) is 6.10 Å². The topological polar surface area (TPSA) is 72.8 Å². The van der Waals surface area contributed by atoms with E-state index in [-0.39, 0.29) is 23.7 Å². The van der Waals surface area contributed by atoms with Gasteiger partial charge in [-0.3, -0.25) is 4.79 Å². The number of carbonyl (C=O) groups excluding carboxylic acids is 1. The van der Waals surface area contributed by atoms with Gasteiger partial charge in [0, 0.05) is 12.6 Å². The number of amides is 1. The molecule has 0 aromatic heterocycles. The van der Waals surface area contributed by atoms with Crippen LogP contribution in [0.25, 0.3) is 0 Å². The minimum Gasteiger partial charge on any atom is -0.387 e. The number of aliphatic hydroxyl groups is 2. The third-order valence-electron chi connectivity index (χ3n) is 4.96. The highest BCUT2D eigenvalue weighted by molar-refractivity contribution is 5.81. The fourth-order valence-electron chi connectivity index (χ4n) is 3.21. The Bertz CT molecular complexity index is 554. The number of hydrogen-bond donors (Lipinski definition) is 3. The largest absolute Gasteiger partial charge is 0.387 e. The van der Waals surface area contributed by atoms with Crippen LogP contribution < -0.4 is 5.32 Å². The first kappa shape index (κ1) is 17.3. The zero-order valence-corrected chi connectivity index (χ0v) is 13.7. The Hall–Kier alpha value is -1.50. The van der Waals surface area contributed by atoms with E-state index in [1.54, 1.807) is 12.1 Å². The normalized spacial score (nSPS) is 22.1. The molecule has 132 valence electrons. The van der Waals surface area contributed by atoms with E-state index in [2.05, 4.69) is 10.2 Å². The lowest BCUT2D eigenvalue weighted by atomic mass is 9.90. The Morgan fingerprint density at radius 3 is 2.38 bits per heavy atom. The molecule has 1 amide bonds. The molecular weight excluding hydrogens is 311 g/mol. The average Bonchev–Trinajstić information content (AvgIpc) is 3.39. The molecule has 5 nitrogen and oxygen atoms in total. The lowest BCUT2D eigenvalue weighted by molar-refractivity contribution is -0.133. The van der Waals surface area contributed by atoms with E-state index in [9.17, 15) is 19.4 Å². The Morgan fingerprint density at radius 1 is 1.17 bits per heavy atom. The van der Waals surface area contributed by atoms with E-state index >= 15 is 0 Å². The second-order valence-corrected chi connectivity index (χ2v) is 6.93. The number of hydrogen-bond acceptors (Lipinski definition) is 4. The molecule has 1 aromatic rings. The van der Waals surface area contributed by atoms with E-state index < -0.39 is 12.2 Å². The minimum absolute atomic E-state index is 0.0250. The molecule has 2 aliphatic rings. The first-order chi connectivity index (χ1) is 11.5. The number of benzene rings is 1. The summed E-state index contributed by atoms with van der Waals surface area (Å²) in [7, 11) is 0. The van der Waals surface area contributed by atoms with Crippen molar-refractivity contribution in [2.24, 2.45) is 5.92 Å². The van der Waals surface area contributed by atoms with Crippen LogP contribution in [0.4, 0.5) is 4.39 Å². The van der Waals surface area contributed by atoms with Crippen molar-refractivity contribution >= 4 is 5.91 Å². The molecule has 3 rings (SSSR count). The van der Waals surface area contributed by atoms with Gasteiger partial charge in [0.2, 0.25) is 5.91 Å². The lowest BCUT2D eigenvalue weighted by Gasteiger charge is -2.34. The molecule has 1 aromatic carbocycles. The number of rotatable bonds is 6. The molecule has 1 heterocycles. The molecule has 1 saturated carbocycles. The maximum atomic E-state index is 12.9. The van der Waals surface area contributed by atoms with Gasteiger partial charge in [-0.25, -0.2) is 4.39 Å². The molecule has 2 fully saturated rings. The van der Waals surface area contributed by atoms with E-state index in [0.717, 1.165) is 38.8 Å². The van der Waals surface area contributed by atoms with Crippen LogP contribution in [0, 0.1) is 11.7 Å². The summed E-state index contributed by atoms with van der Waals surface area (Å²) >= 11 is 0. The molecule has 0 spiro atoms. The van der Waals surface area contributed by atoms with Crippen LogP contribution >= 0.6 is 0 Å². The standard InChI is InChI=1S/C18H25FN2O3/c19-14-3-1-12(2-4-14)16(22)11-21-9-7-13(8-10-21)17(23)18(24)20-15-5-6-15/h1-4,13,15-17,22-23H,5-11H2,(H,20,24)/t16-,17+/m1/s1. The van der Waals surface area contributed by atoms with Gasteiger partial charge in [0.15, 0.2) is 0 Å². The second-order valence-electron chi connectivity index (χ2n) is 6.93. The van der Waals surface area contributed by atoms with Crippen molar-refractivity contribution in [3.8, 4) is 0 Å². The summed E-state index contributed by atoms with van der Waals surface area (Å²) in [5, 5.41) is 23.3. The molecule has 2 atom stereocenters. The molecule has 6 heteroatoms. The van der Waals surface area contributed by atoms with E-state index in [1.807, 2.05) is 0 Å². The molecule has 0 radical (unpaired) electrons. The highest BCUT2D eigenvalue weighted by Gasteiger charge is 2.33. The Kier molecular flexibility index (Phi) is 5.48. The van der Waals surface area contributed by atoms with E-state index in [4.69, 9.17) is 0 Å². The molecule has 24 heavy (non-hydrogen) atoms. The molecule has 1 aliphatic heterocycles. The quantitative estimate of drug-likeness (QED) is 0.730. The number of likely N-dealkylation sites (tertiary alicyclic amines) is 1. The summed E-state index contributed by atoms with van der Waals surface area (Å²) in [6.07, 6.45) is 1.89.